The van der Waals surface area contributed by atoms with Gasteiger partial charge in [0, 0.05) is 11.6 Å². The van der Waals surface area contributed by atoms with E-state index in [1.165, 1.54) is 6.42 Å². The molecule has 1 fully saturated rings. The Morgan fingerprint density at radius 2 is 2.14 bits per heavy atom. The second kappa shape index (κ2) is 4.60. The lowest BCUT2D eigenvalue weighted by Crippen LogP contribution is -2.54. The molecule has 1 aliphatic carbocycles. The molecule has 0 spiro atoms. The van der Waals surface area contributed by atoms with Gasteiger partial charge >= 0.3 is 0 Å². The van der Waals surface area contributed by atoms with Crippen LogP contribution < -0.4 is 5.73 Å². The number of aliphatic hydroxyl groups is 1. The smallest absolute Gasteiger partial charge is 0.0611 e. The third-order valence-corrected chi connectivity index (χ3v) is 3.68. The van der Waals surface area contributed by atoms with E-state index < -0.39 is 0 Å². The molecular formula is C11H24N2O. The van der Waals surface area contributed by atoms with E-state index in [2.05, 4.69) is 25.9 Å². The van der Waals surface area contributed by atoms with Crippen molar-refractivity contribution in [3.8, 4) is 0 Å². The maximum atomic E-state index is 9.27. The predicted molar refractivity (Wildman–Crippen MR) is 59.1 cm³/mol. The minimum atomic E-state index is -0.333. The molecule has 1 saturated carbocycles. The lowest BCUT2D eigenvalue weighted by molar-refractivity contribution is 0.0657. The van der Waals surface area contributed by atoms with E-state index >= 15 is 0 Å². The molecule has 3 heteroatoms. The van der Waals surface area contributed by atoms with Crippen molar-refractivity contribution in [2.45, 2.75) is 44.2 Å². The molecule has 0 aromatic rings. The van der Waals surface area contributed by atoms with Crippen LogP contribution in [0.15, 0.2) is 0 Å². The SMILES string of the molecule is CCC1CCC(N)(CO)CC1N(C)C. The third-order valence-electron chi connectivity index (χ3n) is 3.68. The van der Waals surface area contributed by atoms with Crippen LogP contribution in [0.1, 0.15) is 32.6 Å². The summed E-state index contributed by atoms with van der Waals surface area (Å²) < 4.78 is 0. The van der Waals surface area contributed by atoms with E-state index in [1.807, 2.05) is 0 Å². The number of nitrogens with two attached hydrogens (primary N) is 1. The average molecular weight is 200 g/mol. The van der Waals surface area contributed by atoms with Gasteiger partial charge in [0.2, 0.25) is 0 Å². The first-order valence-corrected chi connectivity index (χ1v) is 5.58. The first-order valence-electron chi connectivity index (χ1n) is 5.58. The second-order valence-corrected chi connectivity index (χ2v) is 4.96. The van der Waals surface area contributed by atoms with Gasteiger partial charge in [-0.2, -0.15) is 0 Å². The topological polar surface area (TPSA) is 49.5 Å². The van der Waals surface area contributed by atoms with Crippen molar-refractivity contribution in [1.29, 1.82) is 0 Å². The van der Waals surface area contributed by atoms with Gasteiger partial charge < -0.3 is 15.7 Å². The summed E-state index contributed by atoms with van der Waals surface area (Å²) in [6, 6.07) is 0.533. The zero-order valence-corrected chi connectivity index (χ0v) is 9.66. The number of aliphatic hydroxyl groups excluding tert-OH is 1. The highest BCUT2D eigenvalue weighted by Gasteiger charge is 2.37. The summed E-state index contributed by atoms with van der Waals surface area (Å²) in [5.41, 5.74) is 5.79. The number of hydrogen-bond acceptors (Lipinski definition) is 3. The minimum Gasteiger partial charge on any atom is -0.394 e. The Morgan fingerprint density at radius 1 is 1.50 bits per heavy atom. The zero-order valence-electron chi connectivity index (χ0n) is 9.66. The molecular weight excluding hydrogens is 176 g/mol. The molecule has 14 heavy (non-hydrogen) atoms. The van der Waals surface area contributed by atoms with E-state index in [0.717, 1.165) is 25.2 Å². The molecule has 1 aliphatic rings. The van der Waals surface area contributed by atoms with Crippen molar-refractivity contribution in [2.75, 3.05) is 20.7 Å². The molecule has 0 heterocycles. The summed E-state index contributed by atoms with van der Waals surface area (Å²) in [5.74, 6) is 0.744. The monoisotopic (exact) mass is 200 g/mol. The molecule has 0 radical (unpaired) electrons. The van der Waals surface area contributed by atoms with Crippen molar-refractivity contribution < 1.29 is 5.11 Å². The first kappa shape index (κ1) is 12.0. The summed E-state index contributed by atoms with van der Waals surface area (Å²) in [5, 5.41) is 9.27. The molecule has 84 valence electrons. The fourth-order valence-corrected chi connectivity index (χ4v) is 2.57. The Hall–Kier alpha value is -0.120. The molecule has 3 unspecified atom stereocenters. The Balaban J connectivity index is 2.66. The van der Waals surface area contributed by atoms with Crippen molar-refractivity contribution in [3.05, 3.63) is 0 Å². The Kier molecular flexibility index (Phi) is 3.93. The Bertz CT molecular complexity index is 184. The third kappa shape index (κ3) is 2.47. The number of rotatable bonds is 3. The number of hydrogen-bond donors (Lipinski definition) is 2. The van der Waals surface area contributed by atoms with Crippen molar-refractivity contribution in [2.24, 2.45) is 11.7 Å². The molecule has 0 aromatic heterocycles. The largest absolute Gasteiger partial charge is 0.394 e. The van der Waals surface area contributed by atoms with Crippen molar-refractivity contribution >= 4 is 0 Å². The van der Waals surface area contributed by atoms with Crippen LogP contribution in [0.5, 0.6) is 0 Å². The molecule has 0 aromatic carbocycles. The first-order chi connectivity index (χ1) is 6.52. The van der Waals surface area contributed by atoms with Crippen LogP contribution >= 0.6 is 0 Å². The van der Waals surface area contributed by atoms with E-state index in [-0.39, 0.29) is 12.1 Å². The summed E-state index contributed by atoms with van der Waals surface area (Å²) in [7, 11) is 4.22. The average Bonchev–Trinajstić information content (AvgIpc) is 2.18. The normalized spacial score (nSPS) is 39.0. The van der Waals surface area contributed by atoms with Gasteiger partial charge in [0.15, 0.2) is 0 Å². The summed E-state index contributed by atoms with van der Waals surface area (Å²) in [6.45, 7) is 2.36. The molecule has 0 aliphatic heterocycles. The highest BCUT2D eigenvalue weighted by atomic mass is 16.3. The molecule has 3 atom stereocenters. The molecule has 0 bridgehead atoms. The van der Waals surface area contributed by atoms with Crippen LogP contribution in [0.4, 0.5) is 0 Å². The van der Waals surface area contributed by atoms with Gasteiger partial charge in [-0.05, 0) is 39.3 Å². The Labute approximate surface area is 87.3 Å². The lowest BCUT2D eigenvalue weighted by Gasteiger charge is -2.44. The van der Waals surface area contributed by atoms with E-state index in [4.69, 9.17) is 5.73 Å². The van der Waals surface area contributed by atoms with Crippen molar-refractivity contribution in [1.82, 2.24) is 4.90 Å². The quantitative estimate of drug-likeness (QED) is 0.709. The number of nitrogens with zero attached hydrogens (tertiary/aromatic N) is 1. The van der Waals surface area contributed by atoms with E-state index in [0.29, 0.717) is 6.04 Å². The molecule has 3 nitrogen and oxygen atoms in total. The van der Waals surface area contributed by atoms with Gasteiger partial charge in [-0.15, -0.1) is 0 Å². The van der Waals surface area contributed by atoms with Crippen LogP contribution in [0.3, 0.4) is 0 Å². The molecule has 3 N–H and O–H groups in total. The van der Waals surface area contributed by atoms with Crippen LogP contribution in [0, 0.1) is 5.92 Å². The van der Waals surface area contributed by atoms with Crippen LogP contribution in [-0.2, 0) is 0 Å². The minimum absolute atomic E-state index is 0.119. The summed E-state index contributed by atoms with van der Waals surface area (Å²) >= 11 is 0. The lowest BCUT2D eigenvalue weighted by atomic mass is 9.73. The maximum Gasteiger partial charge on any atom is 0.0611 e. The van der Waals surface area contributed by atoms with Crippen molar-refractivity contribution in [3.63, 3.8) is 0 Å². The second-order valence-electron chi connectivity index (χ2n) is 4.96. The van der Waals surface area contributed by atoms with Gasteiger partial charge in [0.25, 0.3) is 0 Å². The van der Waals surface area contributed by atoms with E-state index in [1.54, 1.807) is 0 Å². The molecule has 1 rings (SSSR count). The van der Waals surface area contributed by atoms with Gasteiger partial charge in [0.1, 0.15) is 0 Å². The standard InChI is InChI=1S/C11H24N2O/c1-4-9-5-6-11(12,8-14)7-10(9)13(2)3/h9-10,14H,4-8,12H2,1-3H3. The van der Waals surface area contributed by atoms with Crippen LogP contribution in [0.25, 0.3) is 0 Å². The van der Waals surface area contributed by atoms with Gasteiger partial charge in [-0.25, -0.2) is 0 Å². The molecule has 0 saturated heterocycles. The highest BCUT2D eigenvalue weighted by molar-refractivity contribution is 4.96. The van der Waals surface area contributed by atoms with Crippen LogP contribution in [-0.4, -0.2) is 42.3 Å². The fraction of sp³-hybridized carbons (Fsp3) is 1.00. The van der Waals surface area contributed by atoms with Gasteiger partial charge in [-0.1, -0.05) is 13.3 Å². The zero-order chi connectivity index (χ0) is 10.8. The van der Waals surface area contributed by atoms with E-state index in [9.17, 15) is 5.11 Å². The highest BCUT2D eigenvalue weighted by Crippen LogP contribution is 2.34. The Morgan fingerprint density at radius 3 is 2.57 bits per heavy atom. The summed E-state index contributed by atoms with van der Waals surface area (Å²) in [6.07, 6.45) is 4.25. The van der Waals surface area contributed by atoms with Gasteiger partial charge in [-0.3, -0.25) is 0 Å². The predicted octanol–water partition coefficient (Wildman–Crippen LogP) is 0.817. The van der Waals surface area contributed by atoms with Gasteiger partial charge in [0.05, 0.1) is 6.61 Å². The summed E-state index contributed by atoms with van der Waals surface area (Å²) in [4.78, 5) is 2.25. The van der Waals surface area contributed by atoms with Crippen LogP contribution in [0.2, 0.25) is 0 Å². The fourth-order valence-electron chi connectivity index (χ4n) is 2.57. The maximum absolute atomic E-state index is 9.27. The molecule has 0 amide bonds.